The predicted octanol–water partition coefficient (Wildman–Crippen LogP) is 4.13. The smallest absolute Gasteiger partial charge is 0.263 e. The van der Waals surface area contributed by atoms with Crippen molar-refractivity contribution in [2.45, 2.75) is 33.2 Å². The standard InChI is InChI=1S/C15H16N2O2S2/c1-8(7-11-5-4-6-19-11)17-14(18)12-9(2)10(3)21-13(12)16-15(17)20/h4-6,8H,7H2,1-3H3,(H,16,20). The number of thiophene rings is 1. The maximum Gasteiger partial charge on any atom is 0.263 e. The van der Waals surface area contributed by atoms with Crippen LogP contribution >= 0.6 is 23.6 Å². The van der Waals surface area contributed by atoms with Crippen molar-refractivity contribution in [1.82, 2.24) is 9.55 Å². The van der Waals surface area contributed by atoms with E-state index in [2.05, 4.69) is 4.98 Å². The van der Waals surface area contributed by atoms with E-state index in [9.17, 15) is 4.79 Å². The molecule has 0 radical (unpaired) electrons. The fraction of sp³-hybridized carbons (Fsp3) is 0.333. The lowest BCUT2D eigenvalue weighted by molar-refractivity contribution is 0.438. The lowest BCUT2D eigenvalue weighted by Crippen LogP contribution is -2.26. The Morgan fingerprint density at radius 3 is 2.90 bits per heavy atom. The van der Waals surface area contributed by atoms with Gasteiger partial charge >= 0.3 is 0 Å². The number of hydrogen-bond donors (Lipinski definition) is 1. The maximum absolute atomic E-state index is 12.8. The fourth-order valence-corrected chi connectivity index (χ4v) is 4.04. The topological polar surface area (TPSA) is 50.9 Å². The van der Waals surface area contributed by atoms with Crippen molar-refractivity contribution in [3.8, 4) is 0 Å². The van der Waals surface area contributed by atoms with Gasteiger partial charge in [-0.15, -0.1) is 11.3 Å². The largest absolute Gasteiger partial charge is 0.469 e. The quantitative estimate of drug-likeness (QED) is 0.738. The number of hydrogen-bond acceptors (Lipinski definition) is 4. The SMILES string of the molecule is Cc1sc2[nH]c(=S)n(C(C)Cc3ccco3)c(=O)c2c1C. The minimum Gasteiger partial charge on any atom is -0.469 e. The summed E-state index contributed by atoms with van der Waals surface area (Å²) in [7, 11) is 0. The van der Waals surface area contributed by atoms with Gasteiger partial charge in [-0.1, -0.05) is 0 Å². The average Bonchev–Trinajstić information content (AvgIpc) is 2.99. The minimum absolute atomic E-state index is 0.0188. The van der Waals surface area contributed by atoms with E-state index in [0.717, 1.165) is 26.4 Å². The van der Waals surface area contributed by atoms with Gasteiger partial charge in [0.2, 0.25) is 0 Å². The van der Waals surface area contributed by atoms with Crippen LogP contribution in [0.15, 0.2) is 27.6 Å². The molecule has 0 saturated heterocycles. The van der Waals surface area contributed by atoms with Crippen LogP contribution in [0.4, 0.5) is 0 Å². The van der Waals surface area contributed by atoms with Crippen molar-refractivity contribution < 1.29 is 4.42 Å². The molecule has 0 bridgehead atoms. The zero-order valence-electron chi connectivity index (χ0n) is 12.1. The molecule has 1 N–H and O–H groups in total. The molecule has 21 heavy (non-hydrogen) atoms. The highest BCUT2D eigenvalue weighted by Crippen LogP contribution is 2.26. The summed E-state index contributed by atoms with van der Waals surface area (Å²) >= 11 is 6.95. The first-order valence-electron chi connectivity index (χ1n) is 6.76. The van der Waals surface area contributed by atoms with Crippen LogP contribution in [0.1, 0.15) is 29.2 Å². The summed E-state index contributed by atoms with van der Waals surface area (Å²) in [5.41, 5.74) is 1.01. The summed E-state index contributed by atoms with van der Waals surface area (Å²) in [6.07, 6.45) is 2.28. The third-order valence-electron chi connectivity index (χ3n) is 3.77. The van der Waals surface area contributed by atoms with Gasteiger partial charge in [-0.25, -0.2) is 0 Å². The molecule has 1 unspecified atom stereocenters. The Kier molecular flexibility index (Phi) is 3.59. The number of nitrogens with zero attached hydrogens (tertiary/aromatic N) is 1. The predicted molar refractivity (Wildman–Crippen MR) is 87.9 cm³/mol. The minimum atomic E-state index is -0.0589. The van der Waals surface area contributed by atoms with Crippen LogP contribution in [0, 0.1) is 18.6 Å². The molecule has 0 aliphatic carbocycles. The summed E-state index contributed by atoms with van der Waals surface area (Å²) in [6.45, 7) is 5.98. The summed E-state index contributed by atoms with van der Waals surface area (Å²) in [4.78, 5) is 18.0. The monoisotopic (exact) mass is 320 g/mol. The molecule has 1 atom stereocenters. The number of rotatable bonds is 3. The first-order valence-corrected chi connectivity index (χ1v) is 7.98. The van der Waals surface area contributed by atoms with Gasteiger partial charge in [0, 0.05) is 17.3 Å². The third-order valence-corrected chi connectivity index (χ3v) is 5.20. The van der Waals surface area contributed by atoms with E-state index in [-0.39, 0.29) is 11.6 Å². The molecule has 6 heteroatoms. The van der Waals surface area contributed by atoms with E-state index in [1.807, 2.05) is 32.9 Å². The van der Waals surface area contributed by atoms with Gasteiger partial charge in [0.1, 0.15) is 10.6 Å². The number of fused-ring (bicyclic) bond motifs is 1. The van der Waals surface area contributed by atoms with Crippen molar-refractivity contribution in [3.05, 3.63) is 49.7 Å². The average molecular weight is 320 g/mol. The molecule has 4 nitrogen and oxygen atoms in total. The van der Waals surface area contributed by atoms with Crippen molar-refractivity contribution in [2.75, 3.05) is 0 Å². The fourth-order valence-electron chi connectivity index (χ4n) is 2.55. The van der Waals surface area contributed by atoms with E-state index in [4.69, 9.17) is 16.6 Å². The highest BCUT2D eigenvalue weighted by Gasteiger charge is 2.17. The van der Waals surface area contributed by atoms with Crippen LogP contribution in [0.2, 0.25) is 0 Å². The Labute approximate surface area is 131 Å². The molecule has 0 aromatic carbocycles. The number of nitrogens with one attached hydrogen (secondary N) is 1. The lowest BCUT2D eigenvalue weighted by Gasteiger charge is -2.14. The van der Waals surface area contributed by atoms with Crippen LogP contribution in [-0.4, -0.2) is 9.55 Å². The number of aryl methyl sites for hydroxylation is 2. The maximum atomic E-state index is 12.8. The molecule has 3 aromatic rings. The molecule has 0 amide bonds. The van der Waals surface area contributed by atoms with E-state index in [1.165, 1.54) is 0 Å². The van der Waals surface area contributed by atoms with Crippen molar-refractivity contribution in [3.63, 3.8) is 0 Å². The van der Waals surface area contributed by atoms with Gasteiger partial charge in [-0.2, -0.15) is 0 Å². The Bertz CT molecular complexity index is 900. The molecule has 3 rings (SSSR count). The van der Waals surface area contributed by atoms with E-state index < -0.39 is 0 Å². The second kappa shape index (κ2) is 5.27. The summed E-state index contributed by atoms with van der Waals surface area (Å²) < 4.78 is 7.48. The van der Waals surface area contributed by atoms with E-state index in [1.54, 1.807) is 22.2 Å². The first kappa shape index (κ1) is 14.3. The molecule has 3 heterocycles. The lowest BCUT2D eigenvalue weighted by atomic mass is 10.2. The Morgan fingerprint density at radius 2 is 2.24 bits per heavy atom. The van der Waals surface area contributed by atoms with Gasteiger partial charge in [-0.05, 0) is 50.7 Å². The van der Waals surface area contributed by atoms with Crippen LogP contribution in [0.25, 0.3) is 10.2 Å². The van der Waals surface area contributed by atoms with Crippen LogP contribution in [0.3, 0.4) is 0 Å². The molecule has 0 spiro atoms. The Balaban J connectivity index is 2.16. The summed E-state index contributed by atoms with van der Waals surface area (Å²) in [5, 5.41) is 0.748. The van der Waals surface area contributed by atoms with Crippen molar-refractivity contribution in [1.29, 1.82) is 0 Å². The zero-order chi connectivity index (χ0) is 15.1. The van der Waals surface area contributed by atoms with Gasteiger partial charge < -0.3 is 9.40 Å². The van der Waals surface area contributed by atoms with Crippen LogP contribution < -0.4 is 5.56 Å². The summed E-state index contributed by atoms with van der Waals surface area (Å²) in [6, 6.07) is 3.70. The molecule has 0 fully saturated rings. The van der Waals surface area contributed by atoms with Gasteiger partial charge in [-0.3, -0.25) is 9.36 Å². The molecule has 0 saturated carbocycles. The number of aromatic amines is 1. The third kappa shape index (κ3) is 2.38. The van der Waals surface area contributed by atoms with Crippen LogP contribution in [0.5, 0.6) is 0 Å². The van der Waals surface area contributed by atoms with Gasteiger partial charge in [0.05, 0.1) is 11.6 Å². The number of furan rings is 1. The highest BCUT2D eigenvalue weighted by atomic mass is 32.1. The second-order valence-electron chi connectivity index (χ2n) is 5.23. The molecule has 3 aromatic heterocycles. The highest BCUT2D eigenvalue weighted by molar-refractivity contribution is 7.71. The first-order chi connectivity index (χ1) is 9.99. The molecular weight excluding hydrogens is 304 g/mol. The molecule has 0 aliphatic heterocycles. The van der Waals surface area contributed by atoms with Gasteiger partial charge in [0.25, 0.3) is 5.56 Å². The van der Waals surface area contributed by atoms with Crippen LogP contribution in [-0.2, 0) is 6.42 Å². The van der Waals surface area contributed by atoms with E-state index in [0.29, 0.717) is 11.2 Å². The molecular formula is C15H16N2O2S2. The van der Waals surface area contributed by atoms with E-state index >= 15 is 0 Å². The normalized spacial score (nSPS) is 12.9. The molecule has 0 aliphatic rings. The number of H-pyrrole nitrogens is 1. The zero-order valence-corrected chi connectivity index (χ0v) is 13.7. The Morgan fingerprint density at radius 1 is 1.48 bits per heavy atom. The Hall–Kier alpha value is -1.66. The van der Waals surface area contributed by atoms with Crippen molar-refractivity contribution in [2.24, 2.45) is 0 Å². The number of aromatic nitrogens is 2. The second-order valence-corrected chi connectivity index (χ2v) is 6.84. The van der Waals surface area contributed by atoms with Crippen molar-refractivity contribution >= 4 is 33.8 Å². The van der Waals surface area contributed by atoms with Gasteiger partial charge in [0.15, 0.2) is 4.77 Å². The summed E-state index contributed by atoms with van der Waals surface area (Å²) in [5.74, 6) is 0.849. The molecule has 110 valence electrons.